The van der Waals surface area contributed by atoms with Crippen LogP contribution in [0.3, 0.4) is 0 Å². The number of imide groups is 4. The minimum absolute atomic E-state index is 0.0253. The van der Waals surface area contributed by atoms with E-state index in [1.165, 1.54) is 24.3 Å². The number of barbiturate groups is 2. The Bertz CT molecular complexity index is 1750. The van der Waals surface area contributed by atoms with Crippen molar-refractivity contribution in [2.45, 2.75) is 35.2 Å². The van der Waals surface area contributed by atoms with Gasteiger partial charge in [0.05, 0.1) is 16.3 Å². The fraction of sp³-hybridized carbons (Fsp3) is 0.217. The van der Waals surface area contributed by atoms with Crippen molar-refractivity contribution in [3.05, 3.63) is 36.4 Å². The van der Waals surface area contributed by atoms with E-state index < -0.39 is 78.7 Å². The van der Waals surface area contributed by atoms with Gasteiger partial charge in [0.2, 0.25) is 22.1 Å². The first-order valence-electron chi connectivity index (χ1n) is 12.3. The van der Waals surface area contributed by atoms with Crippen molar-refractivity contribution < 1.29 is 45.9 Å². The second-order valence-corrected chi connectivity index (χ2v) is 11.5. The molecule has 2 aromatic carbocycles. The molecule has 2 saturated heterocycles. The van der Waals surface area contributed by atoms with Crippen molar-refractivity contribution in [2.75, 3.05) is 6.54 Å². The van der Waals surface area contributed by atoms with E-state index >= 15 is 0 Å². The van der Waals surface area contributed by atoms with Gasteiger partial charge in [0.25, 0.3) is 23.6 Å². The molecular formula is C23H20N9O10S2-. The molecule has 5 N–H and O–H groups in total. The van der Waals surface area contributed by atoms with Crippen LogP contribution in [0.1, 0.15) is 13.3 Å². The van der Waals surface area contributed by atoms with Gasteiger partial charge in [-0.05, 0) is 47.3 Å². The Labute approximate surface area is 249 Å². The molecule has 230 valence electrons. The molecule has 0 radical (unpaired) electrons. The Kier molecular flexibility index (Phi) is 9.42. The van der Waals surface area contributed by atoms with Crippen molar-refractivity contribution in [1.82, 2.24) is 26.0 Å². The number of azo groups is 2. The van der Waals surface area contributed by atoms with Gasteiger partial charge < -0.3 is 4.55 Å². The van der Waals surface area contributed by atoms with Crippen molar-refractivity contribution in [2.24, 2.45) is 20.5 Å². The zero-order valence-electron chi connectivity index (χ0n) is 22.2. The highest BCUT2D eigenvalue weighted by atomic mass is 32.2. The molecule has 0 aromatic heterocycles. The van der Waals surface area contributed by atoms with E-state index in [9.17, 15) is 45.9 Å². The van der Waals surface area contributed by atoms with E-state index in [0.717, 1.165) is 12.1 Å². The number of sulfonamides is 1. The van der Waals surface area contributed by atoms with E-state index in [1.807, 2.05) is 21.3 Å². The van der Waals surface area contributed by atoms with Gasteiger partial charge in [0.1, 0.15) is 0 Å². The first-order valence-corrected chi connectivity index (χ1v) is 14.9. The standard InChI is InChI=1S/C23H21N9O10S2/c1-2-7-24-44(41,42)15-9-11(30-32-17-20(35)27-23(38)28-21(17)36)4-6-13(15)12-5-3-10(8-14(12)43(39)40)29-31-16-18(33)25-22(37)26-19(16)34/h3-6,8-9,16-17,24H,2,7H2,1H3,(H,39,40)(H2,25,26,33,34,37)(H2,27,28,35,36,38)/p-1. The number of hydrogen-bond acceptors (Lipinski definition) is 14. The summed E-state index contributed by atoms with van der Waals surface area (Å²) in [5, 5.41) is 22.0. The molecular weight excluding hydrogens is 626 g/mol. The average molecular weight is 647 g/mol. The van der Waals surface area contributed by atoms with Crippen molar-refractivity contribution in [3.63, 3.8) is 0 Å². The Hall–Kier alpha value is -5.12. The van der Waals surface area contributed by atoms with E-state index in [-0.39, 0.29) is 29.0 Å². The van der Waals surface area contributed by atoms with Crippen LogP contribution in [0.2, 0.25) is 0 Å². The molecule has 8 amide bonds. The lowest BCUT2D eigenvalue weighted by molar-refractivity contribution is -0.133. The summed E-state index contributed by atoms with van der Waals surface area (Å²) in [4.78, 5) is 69.3. The molecule has 0 bridgehead atoms. The molecule has 21 heteroatoms. The van der Waals surface area contributed by atoms with Crippen molar-refractivity contribution >= 4 is 68.2 Å². The van der Waals surface area contributed by atoms with Crippen LogP contribution in [0.15, 0.2) is 66.6 Å². The lowest BCUT2D eigenvalue weighted by Crippen LogP contribution is -2.57. The van der Waals surface area contributed by atoms with Crippen molar-refractivity contribution in [3.8, 4) is 11.1 Å². The van der Waals surface area contributed by atoms with Gasteiger partial charge in [-0.15, -0.1) is 0 Å². The Morgan fingerprint density at radius 1 is 0.773 bits per heavy atom. The van der Waals surface area contributed by atoms with Crippen LogP contribution >= 0.6 is 0 Å². The van der Waals surface area contributed by atoms with Gasteiger partial charge in [-0.1, -0.05) is 19.1 Å². The molecule has 1 unspecified atom stereocenters. The number of hydrogen-bond donors (Lipinski definition) is 5. The second kappa shape index (κ2) is 13.0. The molecule has 4 rings (SSSR count). The van der Waals surface area contributed by atoms with Gasteiger partial charge in [-0.2, -0.15) is 20.5 Å². The Morgan fingerprint density at radius 2 is 1.23 bits per heavy atom. The molecule has 0 aliphatic carbocycles. The molecule has 2 aliphatic heterocycles. The molecule has 19 nitrogen and oxygen atoms in total. The summed E-state index contributed by atoms with van der Waals surface area (Å²) in [6, 6.07) is 1.45. The molecule has 2 fully saturated rings. The fourth-order valence-electron chi connectivity index (χ4n) is 3.75. The molecule has 1 atom stereocenters. The molecule has 2 aliphatic rings. The predicted octanol–water partition coefficient (Wildman–Crippen LogP) is -0.0835. The smallest absolute Gasteiger partial charge is 0.328 e. The normalized spacial score (nSPS) is 17.5. The summed E-state index contributed by atoms with van der Waals surface area (Å²) in [7, 11) is -4.30. The van der Waals surface area contributed by atoms with E-state index in [1.54, 1.807) is 6.92 Å². The van der Waals surface area contributed by atoms with Crippen LogP contribution in [0, 0.1) is 0 Å². The highest BCUT2D eigenvalue weighted by molar-refractivity contribution is 7.89. The zero-order valence-corrected chi connectivity index (χ0v) is 23.9. The number of amides is 8. The minimum Gasteiger partial charge on any atom is -0.768 e. The second-order valence-electron chi connectivity index (χ2n) is 8.84. The maximum atomic E-state index is 13.3. The first kappa shape index (κ1) is 31.8. The molecule has 2 heterocycles. The monoisotopic (exact) mass is 646 g/mol. The maximum absolute atomic E-state index is 13.3. The van der Waals surface area contributed by atoms with Gasteiger partial charge in [0, 0.05) is 17.0 Å². The quantitative estimate of drug-likeness (QED) is 0.130. The van der Waals surface area contributed by atoms with Gasteiger partial charge >= 0.3 is 12.1 Å². The van der Waals surface area contributed by atoms with Gasteiger partial charge in [0.15, 0.2) is 0 Å². The number of carbonyl (C=O) groups excluding carboxylic acids is 6. The molecule has 2 aromatic rings. The van der Waals surface area contributed by atoms with Crippen molar-refractivity contribution in [1.29, 1.82) is 0 Å². The third kappa shape index (κ3) is 7.08. The average Bonchev–Trinajstić information content (AvgIpc) is 2.95. The van der Waals surface area contributed by atoms with Crippen LogP contribution in [-0.2, 0) is 40.3 Å². The number of carbonyl (C=O) groups is 6. The minimum atomic E-state index is -4.30. The van der Waals surface area contributed by atoms with Crippen LogP contribution in [0.5, 0.6) is 0 Å². The lowest BCUT2D eigenvalue weighted by Gasteiger charge is -2.18. The molecule has 0 saturated carbocycles. The highest BCUT2D eigenvalue weighted by Crippen LogP contribution is 2.36. The highest BCUT2D eigenvalue weighted by Gasteiger charge is 2.35. The van der Waals surface area contributed by atoms with Gasteiger partial charge in [-0.25, -0.2) is 22.7 Å². The van der Waals surface area contributed by atoms with Crippen LogP contribution in [0.25, 0.3) is 11.1 Å². The fourth-order valence-corrected chi connectivity index (χ4v) is 5.69. The topological polar surface area (TPSA) is 286 Å². The number of urea groups is 2. The predicted molar refractivity (Wildman–Crippen MR) is 145 cm³/mol. The van der Waals surface area contributed by atoms with Crippen LogP contribution in [0.4, 0.5) is 21.0 Å². The number of benzene rings is 2. The summed E-state index contributed by atoms with van der Waals surface area (Å²) < 4.78 is 53.3. The lowest BCUT2D eigenvalue weighted by atomic mass is 10.0. The molecule has 0 spiro atoms. The van der Waals surface area contributed by atoms with Crippen LogP contribution in [-0.4, -0.2) is 71.5 Å². The summed E-state index contributed by atoms with van der Waals surface area (Å²) >= 11 is -2.97. The zero-order chi connectivity index (χ0) is 32.2. The Balaban J connectivity index is 1.74. The number of rotatable bonds is 10. The number of nitrogens with zero attached hydrogens (tertiary/aromatic N) is 4. The molecule has 44 heavy (non-hydrogen) atoms. The number of nitrogens with one attached hydrogen (secondary N) is 5. The summed E-state index contributed by atoms with van der Waals surface area (Å²) in [5.41, 5.74) is -0.466. The van der Waals surface area contributed by atoms with E-state index in [0.29, 0.717) is 6.42 Å². The summed E-state index contributed by atoms with van der Waals surface area (Å²) in [6.07, 6.45) is 0.416. The SMILES string of the molecule is CCCNS(=O)(=O)c1cc(N=NC2C(=O)NC(=O)NC2=O)ccc1-c1ccc(N=NC2C(=O)NC(=O)NC2=O)cc1S(=O)[O-]. The van der Waals surface area contributed by atoms with Gasteiger partial charge in [-0.3, -0.25) is 44.7 Å². The third-order valence-corrected chi connectivity index (χ3v) is 7.95. The maximum Gasteiger partial charge on any atom is 0.328 e. The first-order chi connectivity index (χ1) is 20.8. The third-order valence-electron chi connectivity index (χ3n) is 5.75. The van der Waals surface area contributed by atoms with E-state index in [4.69, 9.17) is 0 Å². The largest absolute Gasteiger partial charge is 0.768 e. The van der Waals surface area contributed by atoms with Crippen LogP contribution < -0.4 is 26.0 Å². The summed E-state index contributed by atoms with van der Waals surface area (Å²) in [6.45, 7) is 1.74. The van der Waals surface area contributed by atoms with E-state index in [2.05, 4.69) is 25.2 Å². The summed E-state index contributed by atoms with van der Waals surface area (Å²) in [5.74, 6) is -4.18. The Morgan fingerprint density at radius 3 is 1.68 bits per heavy atom.